The van der Waals surface area contributed by atoms with Gasteiger partial charge in [-0.1, -0.05) is 17.7 Å². The average molecular weight is 294 g/mol. The van der Waals surface area contributed by atoms with Crippen LogP contribution in [0.1, 0.15) is 5.56 Å². The Morgan fingerprint density at radius 2 is 1.95 bits per heavy atom. The van der Waals surface area contributed by atoms with Crippen LogP contribution in [-0.4, -0.2) is 36.1 Å². The van der Waals surface area contributed by atoms with Crippen molar-refractivity contribution in [2.45, 2.75) is 6.92 Å². The molecule has 0 saturated carbocycles. The van der Waals surface area contributed by atoms with Crippen molar-refractivity contribution in [1.82, 2.24) is 15.0 Å². The van der Waals surface area contributed by atoms with Crippen molar-refractivity contribution in [3.05, 3.63) is 28.8 Å². The first kappa shape index (κ1) is 14.3. The van der Waals surface area contributed by atoms with Crippen LogP contribution >= 0.6 is 11.6 Å². The predicted octanol–water partition coefficient (Wildman–Crippen LogP) is 2.73. The van der Waals surface area contributed by atoms with Gasteiger partial charge >= 0.3 is 6.01 Å². The zero-order valence-corrected chi connectivity index (χ0v) is 12.6. The third kappa shape index (κ3) is 3.27. The van der Waals surface area contributed by atoms with Crippen LogP contribution in [0.5, 0.6) is 11.8 Å². The standard InChI is InChI=1S/C13H16ClN5O/c1-8-5-6-9(14)7-10(8)20-13-17-11(15-2)16-12(18-13)19(3)4/h5-7H,1-4H3,(H,15,16,17,18). The Hall–Kier alpha value is -2.08. The summed E-state index contributed by atoms with van der Waals surface area (Å²) < 4.78 is 5.71. The molecule has 0 saturated heterocycles. The largest absolute Gasteiger partial charge is 0.424 e. The minimum Gasteiger partial charge on any atom is -0.424 e. The van der Waals surface area contributed by atoms with Crippen molar-refractivity contribution in [3.8, 4) is 11.8 Å². The average Bonchev–Trinajstić information content (AvgIpc) is 2.42. The fourth-order valence-electron chi connectivity index (χ4n) is 1.49. The Bertz CT molecular complexity index is 618. The van der Waals surface area contributed by atoms with Gasteiger partial charge in [0.05, 0.1) is 0 Å². The summed E-state index contributed by atoms with van der Waals surface area (Å²) in [6.07, 6.45) is 0. The molecule has 1 N–H and O–H groups in total. The third-order valence-corrected chi connectivity index (χ3v) is 2.81. The van der Waals surface area contributed by atoms with Gasteiger partial charge in [-0.15, -0.1) is 0 Å². The molecular weight excluding hydrogens is 278 g/mol. The van der Waals surface area contributed by atoms with E-state index in [4.69, 9.17) is 16.3 Å². The predicted molar refractivity (Wildman–Crippen MR) is 80.0 cm³/mol. The summed E-state index contributed by atoms with van der Waals surface area (Å²) in [4.78, 5) is 14.4. The van der Waals surface area contributed by atoms with E-state index in [0.717, 1.165) is 5.56 Å². The van der Waals surface area contributed by atoms with Crippen LogP contribution in [0.25, 0.3) is 0 Å². The molecule has 2 aromatic rings. The zero-order valence-electron chi connectivity index (χ0n) is 11.8. The molecule has 7 heteroatoms. The molecule has 0 fully saturated rings. The fraction of sp³-hybridized carbons (Fsp3) is 0.308. The second kappa shape index (κ2) is 5.92. The van der Waals surface area contributed by atoms with Crippen LogP contribution in [0.3, 0.4) is 0 Å². The van der Waals surface area contributed by atoms with Crippen molar-refractivity contribution >= 4 is 23.5 Å². The second-order valence-corrected chi connectivity index (χ2v) is 4.83. The Morgan fingerprint density at radius 1 is 1.20 bits per heavy atom. The highest BCUT2D eigenvalue weighted by atomic mass is 35.5. The number of nitrogens with zero attached hydrogens (tertiary/aromatic N) is 4. The molecule has 0 bridgehead atoms. The molecule has 20 heavy (non-hydrogen) atoms. The lowest BCUT2D eigenvalue weighted by Crippen LogP contribution is -2.15. The molecular formula is C13H16ClN5O. The topological polar surface area (TPSA) is 63.2 Å². The molecule has 0 amide bonds. The number of benzene rings is 1. The van der Waals surface area contributed by atoms with E-state index in [2.05, 4.69) is 20.3 Å². The van der Waals surface area contributed by atoms with Crippen molar-refractivity contribution < 1.29 is 4.74 Å². The third-order valence-electron chi connectivity index (χ3n) is 2.58. The molecule has 0 radical (unpaired) electrons. The molecule has 0 aliphatic rings. The van der Waals surface area contributed by atoms with Crippen LogP contribution in [0, 0.1) is 6.92 Å². The number of aryl methyl sites for hydroxylation is 1. The highest BCUT2D eigenvalue weighted by Crippen LogP contribution is 2.27. The number of nitrogens with one attached hydrogen (secondary N) is 1. The van der Waals surface area contributed by atoms with E-state index in [1.807, 2.05) is 27.1 Å². The minimum absolute atomic E-state index is 0.221. The van der Waals surface area contributed by atoms with Gasteiger partial charge in [0, 0.05) is 26.2 Å². The maximum absolute atomic E-state index is 5.97. The highest BCUT2D eigenvalue weighted by Gasteiger charge is 2.10. The number of rotatable bonds is 4. The van der Waals surface area contributed by atoms with E-state index in [1.165, 1.54) is 0 Å². The van der Waals surface area contributed by atoms with E-state index in [1.54, 1.807) is 24.1 Å². The number of hydrogen-bond acceptors (Lipinski definition) is 6. The fourth-order valence-corrected chi connectivity index (χ4v) is 1.65. The van der Waals surface area contributed by atoms with E-state index in [9.17, 15) is 0 Å². The number of anilines is 2. The van der Waals surface area contributed by atoms with Crippen LogP contribution in [0.15, 0.2) is 18.2 Å². The molecule has 1 heterocycles. The number of hydrogen-bond donors (Lipinski definition) is 1. The van der Waals surface area contributed by atoms with Gasteiger partial charge < -0.3 is 15.0 Å². The van der Waals surface area contributed by atoms with Crippen LogP contribution in [0.4, 0.5) is 11.9 Å². The normalized spacial score (nSPS) is 10.2. The summed E-state index contributed by atoms with van der Waals surface area (Å²) >= 11 is 5.97. The molecule has 106 valence electrons. The Balaban J connectivity index is 2.37. The van der Waals surface area contributed by atoms with E-state index < -0.39 is 0 Å². The zero-order chi connectivity index (χ0) is 14.7. The van der Waals surface area contributed by atoms with Gasteiger partial charge in [0.2, 0.25) is 11.9 Å². The lowest BCUT2D eigenvalue weighted by Gasteiger charge is -2.13. The first-order valence-electron chi connectivity index (χ1n) is 6.04. The lowest BCUT2D eigenvalue weighted by atomic mass is 10.2. The van der Waals surface area contributed by atoms with E-state index in [0.29, 0.717) is 22.7 Å². The first-order chi connectivity index (χ1) is 9.49. The molecule has 0 spiro atoms. The van der Waals surface area contributed by atoms with Gasteiger partial charge in [-0.25, -0.2) is 0 Å². The molecule has 0 aliphatic heterocycles. The Morgan fingerprint density at radius 3 is 2.60 bits per heavy atom. The molecule has 1 aromatic heterocycles. The molecule has 2 rings (SSSR count). The smallest absolute Gasteiger partial charge is 0.328 e. The first-order valence-corrected chi connectivity index (χ1v) is 6.42. The van der Waals surface area contributed by atoms with E-state index >= 15 is 0 Å². The summed E-state index contributed by atoms with van der Waals surface area (Å²) in [5, 5.41) is 3.48. The van der Waals surface area contributed by atoms with Gasteiger partial charge in [0.1, 0.15) is 5.75 Å². The highest BCUT2D eigenvalue weighted by molar-refractivity contribution is 6.30. The molecule has 0 unspecified atom stereocenters. The molecule has 1 aromatic carbocycles. The summed E-state index contributed by atoms with van der Waals surface area (Å²) in [7, 11) is 5.44. The van der Waals surface area contributed by atoms with Gasteiger partial charge in [-0.2, -0.15) is 15.0 Å². The summed E-state index contributed by atoms with van der Waals surface area (Å²) in [6, 6.07) is 5.64. The van der Waals surface area contributed by atoms with Gasteiger partial charge in [0.25, 0.3) is 0 Å². The molecule has 0 atom stereocenters. The van der Waals surface area contributed by atoms with Crippen molar-refractivity contribution in [3.63, 3.8) is 0 Å². The van der Waals surface area contributed by atoms with Crippen molar-refractivity contribution in [2.75, 3.05) is 31.4 Å². The Labute approximate surface area is 122 Å². The number of halogens is 1. The summed E-state index contributed by atoms with van der Waals surface area (Å²) in [6.45, 7) is 1.93. The molecule has 6 nitrogen and oxygen atoms in total. The minimum atomic E-state index is 0.221. The van der Waals surface area contributed by atoms with Crippen molar-refractivity contribution in [2.24, 2.45) is 0 Å². The summed E-state index contributed by atoms with van der Waals surface area (Å²) in [5.74, 6) is 1.58. The lowest BCUT2D eigenvalue weighted by molar-refractivity contribution is 0.437. The van der Waals surface area contributed by atoms with Crippen LogP contribution < -0.4 is 15.0 Å². The Kier molecular flexibility index (Phi) is 4.24. The van der Waals surface area contributed by atoms with E-state index in [-0.39, 0.29) is 6.01 Å². The van der Waals surface area contributed by atoms with Crippen LogP contribution in [-0.2, 0) is 0 Å². The number of ether oxygens (including phenoxy) is 1. The summed E-state index contributed by atoms with van der Waals surface area (Å²) in [5.41, 5.74) is 0.951. The molecule has 0 aliphatic carbocycles. The maximum atomic E-state index is 5.97. The van der Waals surface area contributed by atoms with Crippen molar-refractivity contribution in [1.29, 1.82) is 0 Å². The monoisotopic (exact) mass is 293 g/mol. The van der Waals surface area contributed by atoms with Crippen LogP contribution in [0.2, 0.25) is 5.02 Å². The number of aromatic nitrogens is 3. The van der Waals surface area contributed by atoms with Gasteiger partial charge in [-0.05, 0) is 24.6 Å². The maximum Gasteiger partial charge on any atom is 0.328 e. The van der Waals surface area contributed by atoms with Gasteiger partial charge in [0.15, 0.2) is 0 Å². The SMILES string of the molecule is CNc1nc(Oc2cc(Cl)ccc2C)nc(N(C)C)n1. The van der Waals surface area contributed by atoms with Gasteiger partial charge in [-0.3, -0.25) is 0 Å². The quantitative estimate of drug-likeness (QED) is 0.935. The second-order valence-electron chi connectivity index (χ2n) is 4.40.